The number of carbonyl (C=O) groups is 1. The van der Waals surface area contributed by atoms with Crippen molar-refractivity contribution in [2.45, 2.75) is 6.92 Å². The van der Waals surface area contributed by atoms with Crippen LogP contribution in [0.15, 0.2) is 12.3 Å². The van der Waals surface area contributed by atoms with Gasteiger partial charge in [-0.15, -0.1) is 0 Å². The van der Waals surface area contributed by atoms with Crippen LogP contribution in [0.25, 0.3) is 0 Å². The summed E-state index contributed by atoms with van der Waals surface area (Å²) in [6.45, 7) is 1.84. The normalized spacial score (nSPS) is 9.85. The number of hydrogen-bond donors (Lipinski definition) is 0. The molecule has 0 unspecified atom stereocenters. The van der Waals surface area contributed by atoms with Crippen LogP contribution in [0, 0.1) is 10.5 Å². The molecule has 1 aromatic rings. The van der Waals surface area contributed by atoms with Crippen LogP contribution in [0.3, 0.4) is 0 Å². The minimum absolute atomic E-state index is 0.00326. The fourth-order valence-corrected chi connectivity index (χ4v) is 1.42. The van der Waals surface area contributed by atoms with Crippen LogP contribution >= 0.6 is 22.6 Å². The van der Waals surface area contributed by atoms with E-state index >= 15 is 0 Å². The molecule has 0 atom stereocenters. The number of hydrogen-bond acceptors (Lipinski definition) is 2. The van der Waals surface area contributed by atoms with Crippen LogP contribution in [0.1, 0.15) is 16.1 Å². The van der Waals surface area contributed by atoms with E-state index in [0.29, 0.717) is 5.56 Å². The summed E-state index contributed by atoms with van der Waals surface area (Å²) in [6.07, 6.45) is 1.75. The van der Waals surface area contributed by atoms with E-state index in [4.69, 9.17) is 0 Å². The average molecular weight is 290 g/mol. The SMILES string of the molecule is Cc1ncc(I)cc1C(=O)N(C)C. The van der Waals surface area contributed by atoms with Crippen molar-refractivity contribution in [2.75, 3.05) is 14.1 Å². The molecule has 0 aromatic carbocycles. The van der Waals surface area contributed by atoms with Gasteiger partial charge in [-0.1, -0.05) is 0 Å². The van der Waals surface area contributed by atoms with Gasteiger partial charge in [0, 0.05) is 23.9 Å². The van der Waals surface area contributed by atoms with E-state index < -0.39 is 0 Å². The van der Waals surface area contributed by atoms with Crippen molar-refractivity contribution in [1.82, 2.24) is 9.88 Å². The van der Waals surface area contributed by atoms with Gasteiger partial charge < -0.3 is 4.90 Å². The molecule has 0 fully saturated rings. The molecule has 0 aliphatic heterocycles. The largest absolute Gasteiger partial charge is 0.345 e. The summed E-state index contributed by atoms with van der Waals surface area (Å²) in [7, 11) is 3.48. The van der Waals surface area contributed by atoms with Crippen molar-refractivity contribution >= 4 is 28.5 Å². The summed E-state index contributed by atoms with van der Waals surface area (Å²) in [5, 5.41) is 0. The Bertz CT molecular complexity index is 336. The first-order chi connectivity index (χ1) is 6.02. The molecule has 0 saturated carbocycles. The standard InChI is InChI=1S/C9H11IN2O/c1-6-8(9(13)12(2)3)4-7(10)5-11-6/h4-5H,1-3H3. The van der Waals surface area contributed by atoms with Crippen LogP contribution < -0.4 is 0 Å². The van der Waals surface area contributed by atoms with Gasteiger partial charge in [0.15, 0.2) is 0 Å². The van der Waals surface area contributed by atoms with E-state index in [1.165, 1.54) is 0 Å². The number of amides is 1. The Balaban J connectivity index is 3.13. The lowest BCUT2D eigenvalue weighted by molar-refractivity contribution is 0.0826. The lowest BCUT2D eigenvalue weighted by Crippen LogP contribution is -2.23. The zero-order valence-electron chi connectivity index (χ0n) is 7.84. The monoisotopic (exact) mass is 290 g/mol. The molecule has 1 heterocycles. The highest BCUT2D eigenvalue weighted by atomic mass is 127. The van der Waals surface area contributed by atoms with Gasteiger partial charge in [-0.25, -0.2) is 0 Å². The van der Waals surface area contributed by atoms with E-state index in [2.05, 4.69) is 27.6 Å². The number of aryl methyl sites for hydroxylation is 1. The third kappa shape index (κ3) is 2.40. The van der Waals surface area contributed by atoms with Crippen molar-refractivity contribution in [2.24, 2.45) is 0 Å². The predicted octanol–water partition coefficient (Wildman–Crippen LogP) is 1.70. The maximum Gasteiger partial charge on any atom is 0.255 e. The maximum absolute atomic E-state index is 11.6. The van der Waals surface area contributed by atoms with Crippen molar-refractivity contribution < 1.29 is 4.79 Å². The summed E-state index contributed by atoms with van der Waals surface area (Å²) in [5.41, 5.74) is 1.45. The number of aromatic nitrogens is 1. The third-order valence-electron chi connectivity index (χ3n) is 1.69. The Labute approximate surface area is 91.3 Å². The fourth-order valence-electron chi connectivity index (χ4n) is 0.965. The fraction of sp³-hybridized carbons (Fsp3) is 0.333. The van der Waals surface area contributed by atoms with E-state index in [0.717, 1.165) is 9.26 Å². The lowest BCUT2D eigenvalue weighted by Gasteiger charge is -2.11. The second kappa shape index (κ2) is 4.04. The quantitative estimate of drug-likeness (QED) is 0.738. The molecule has 0 aliphatic carbocycles. The van der Waals surface area contributed by atoms with Crippen molar-refractivity contribution in [3.8, 4) is 0 Å². The highest BCUT2D eigenvalue weighted by molar-refractivity contribution is 14.1. The number of rotatable bonds is 1. The molecule has 70 valence electrons. The lowest BCUT2D eigenvalue weighted by atomic mass is 10.2. The summed E-state index contributed by atoms with van der Waals surface area (Å²) >= 11 is 2.15. The molecule has 0 aliphatic rings. The van der Waals surface area contributed by atoms with Crippen molar-refractivity contribution in [1.29, 1.82) is 0 Å². The Morgan fingerprint density at radius 1 is 1.54 bits per heavy atom. The molecule has 13 heavy (non-hydrogen) atoms. The van der Waals surface area contributed by atoms with Gasteiger partial charge in [0.25, 0.3) is 5.91 Å². The topological polar surface area (TPSA) is 33.2 Å². The number of pyridine rings is 1. The van der Waals surface area contributed by atoms with Crippen molar-refractivity contribution in [3.05, 3.63) is 27.1 Å². The van der Waals surface area contributed by atoms with Crippen LogP contribution in [0.5, 0.6) is 0 Å². The van der Waals surface area contributed by atoms with Crippen LogP contribution in [0.2, 0.25) is 0 Å². The second-order valence-corrected chi connectivity index (χ2v) is 4.23. The van der Waals surface area contributed by atoms with Crippen molar-refractivity contribution in [3.63, 3.8) is 0 Å². The Kier molecular flexibility index (Phi) is 3.24. The van der Waals surface area contributed by atoms with Gasteiger partial charge >= 0.3 is 0 Å². The van der Waals surface area contributed by atoms with E-state index in [9.17, 15) is 4.79 Å². The average Bonchev–Trinajstić information content (AvgIpc) is 2.08. The molecule has 3 nitrogen and oxygen atoms in total. The molecule has 0 radical (unpaired) electrons. The van der Waals surface area contributed by atoms with Gasteiger partial charge in [-0.2, -0.15) is 0 Å². The predicted molar refractivity (Wildman–Crippen MR) is 59.7 cm³/mol. The highest BCUT2D eigenvalue weighted by Gasteiger charge is 2.11. The Morgan fingerprint density at radius 2 is 2.15 bits per heavy atom. The molecule has 0 N–H and O–H groups in total. The molecule has 0 spiro atoms. The number of nitrogens with zero attached hydrogens (tertiary/aromatic N) is 2. The molecular formula is C9H11IN2O. The zero-order valence-corrected chi connectivity index (χ0v) is 9.99. The van der Waals surface area contributed by atoms with E-state index in [1.807, 2.05) is 13.0 Å². The summed E-state index contributed by atoms with van der Waals surface area (Å²) in [4.78, 5) is 17.3. The Hall–Kier alpha value is -0.650. The molecule has 0 saturated heterocycles. The number of carbonyl (C=O) groups excluding carboxylic acids is 1. The minimum atomic E-state index is 0.00326. The minimum Gasteiger partial charge on any atom is -0.345 e. The van der Waals surface area contributed by atoms with Gasteiger partial charge in [0.1, 0.15) is 0 Å². The summed E-state index contributed by atoms with van der Waals surface area (Å²) in [6, 6.07) is 1.85. The van der Waals surface area contributed by atoms with E-state index in [-0.39, 0.29) is 5.91 Å². The molecule has 1 rings (SSSR count). The zero-order chi connectivity index (χ0) is 10.0. The molecule has 0 bridgehead atoms. The second-order valence-electron chi connectivity index (χ2n) is 2.99. The number of halogens is 1. The summed E-state index contributed by atoms with van der Waals surface area (Å²) in [5.74, 6) is 0.00326. The van der Waals surface area contributed by atoms with Gasteiger partial charge in [-0.05, 0) is 35.6 Å². The first-order valence-electron chi connectivity index (χ1n) is 3.86. The van der Waals surface area contributed by atoms with Crippen LogP contribution in [-0.2, 0) is 0 Å². The van der Waals surface area contributed by atoms with Gasteiger partial charge in [-0.3, -0.25) is 9.78 Å². The smallest absolute Gasteiger partial charge is 0.255 e. The molecule has 1 aromatic heterocycles. The first-order valence-corrected chi connectivity index (χ1v) is 4.94. The third-order valence-corrected chi connectivity index (χ3v) is 2.28. The molecular weight excluding hydrogens is 279 g/mol. The molecule has 1 amide bonds. The Morgan fingerprint density at radius 3 is 2.69 bits per heavy atom. The molecule has 4 heteroatoms. The van der Waals surface area contributed by atoms with E-state index in [1.54, 1.807) is 25.2 Å². The first kappa shape index (κ1) is 10.4. The van der Waals surface area contributed by atoms with Crippen LogP contribution in [-0.4, -0.2) is 29.9 Å². The van der Waals surface area contributed by atoms with Crippen LogP contribution in [0.4, 0.5) is 0 Å². The summed E-state index contributed by atoms with van der Waals surface area (Å²) < 4.78 is 0.980. The van der Waals surface area contributed by atoms with Gasteiger partial charge in [0.2, 0.25) is 0 Å². The van der Waals surface area contributed by atoms with Gasteiger partial charge in [0.05, 0.1) is 11.3 Å². The maximum atomic E-state index is 11.6. The highest BCUT2D eigenvalue weighted by Crippen LogP contribution is 2.11.